The van der Waals surface area contributed by atoms with E-state index >= 15 is 0 Å². The SMILES string of the molecule is CN[S+]([O-])c1cc(NC(=O)c2c(Oc3ccc(C#N)cc3OC)ncc(-c3ccc(C(F)F)cc3)c2C)ccn1. The molecule has 204 valence electrons. The highest BCUT2D eigenvalue weighted by atomic mass is 32.2. The Bertz CT molecular complexity index is 1580. The molecule has 0 radical (unpaired) electrons. The minimum atomic E-state index is -2.62. The Morgan fingerprint density at radius 1 is 1.10 bits per heavy atom. The van der Waals surface area contributed by atoms with Gasteiger partial charge in [0, 0.05) is 48.4 Å². The minimum absolute atomic E-state index is 0.0564. The molecule has 12 heteroatoms. The summed E-state index contributed by atoms with van der Waals surface area (Å²) in [4.78, 5) is 22.1. The van der Waals surface area contributed by atoms with E-state index in [0.29, 0.717) is 27.9 Å². The van der Waals surface area contributed by atoms with Crippen LogP contribution in [-0.4, -0.2) is 34.6 Å². The average Bonchev–Trinajstić information content (AvgIpc) is 2.97. The van der Waals surface area contributed by atoms with Gasteiger partial charge in [-0.05, 0) is 36.2 Å². The Morgan fingerprint density at radius 3 is 2.50 bits per heavy atom. The van der Waals surface area contributed by atoms with E-state index in [1.807, 2.05) is 6.07 Å². The number of nitrogens with one attached hydrogen (secondary N) is 2. The van der Waals surface area contributed by atoms with Gasteiger partial charge in [0.1, 0.15) is 5.56 Å². The number of aromatic nitrogens is 2. The molecule has 4 aromatic rings. The van der Waals surface area contributed by atoms with Crippen LogP contribution in [0, 0.1) is 18.3 Å². The lowest BCUT2D eigenvalue weighted by Crippen LogP contribution is -2.21. The molecule has 0 saturated heterocycles. The van der Waals surface area contributed by atoms with Crippen molar-refractivity contribution in [1.82, 2.24) is 14.7 Å². The Kier molecular flexibility index (Phi) is 8.90. The first kappa shape index (κ1) is 28.4. The summed E-state index contributed by atoms with van der Waals surface area (Å²) in [5.41, 5.74) is 2.17. The third-order valence-corrected chi connectivity index (χ3v) is 6.85. The monoisotopic (exact) mass is 563 g/mol. The first-order valence-corrected chi connectivity index (χ1v) is 12.9. The zero-order valence-electron chi connectivity index (χ0n) is 21.6. The van der Waals surface area contributed by atoms with Crippen LogP contribution in [0.4, 0.5) is 14.5 Å². The van der Waals surface area contributed by atoms with Crippen LogP contribution >= 0.6 is 0 Å². The van der Waals surface area contributed by atoms with Gasteiger partial charge in [-0.3, -0.25) is 4.79 Å². The largest absolute Gasteiger partial charge is 0.592 e. The molecule has 2 aromatic carbocycles. The number of pyridine rings is 2. The highest BCUT2D eigenvalue weighted by molar-refractivity contribution is 7.89. The zero-order valence-corrected chi connectivity index (χ0v) is 22.4. The van der Waals surface area contributed by atoms with E-state index in [0.717, 1.165) is 0 Å². The topological polar surface area (TPSA) is 132 Å². The number of hydrogen-bond acceptors (Lipinski definition) is 8. The van der Waals surface area contributed by atoms with Crippen molar-refractivity contribution in [3.63, 3.8) is 0 Å². The zero-order chi connectivity index (χ0) is 28.8. The van der Waals surface area contributed by atoms with E-state index < -0.39 is 23.7 Å². The Labute approximate surface area is 232 Å². The summed E-state index contributed by atoms with van der Waals surface area (Å²) in [6.45, 7) is 1.68. The van der Waals surface area contributed by atoms with Gasteiger partial charge in [0.15, 0.2) is 11.5 Å². The number of nitrogens with zero attached hydrogens (tertiary/aromatic N) is 3. The molecular weight excluding hydrogens is 540 g/mol. The van der Waals surface area contributed by atoms with Gasteiger partial charge >= 0.3 is 0 Å². The maximum Gasteiger partial charge on any atom is 0.267 e. The summed E-state index contributed by atoms with van der Waals surface area (Å²) >= 11 is -1.58. The third-order valence-electron chi connectivity index (χ3n) is 5.87. The normalized spacial score (nSPS) is 11.6. The van der Waals surface area contributed by atoms with Crippen LogP contribution in [0.2, 0.25) is 0 Å². The van der Waals surface area contributed by atoms with Gasteiger partial charge in [0.25, 0.3) is 17.4 Å². The number of carbonyl (C=O) groups is 1. The maximum absolute atomic E-state index is 13.7. The molecule has 4 rings (SSSR count). The fraction of sp³-hybridized carbons (Fsp3) is 0.143. The van der Waals surface area contributed by atoms with Crippen molar-refractivity contribution in [2.75, 3.05) is 19.5 Å². The second-order valence-corrected chi connectivity index (χ2v) is 9.65. The number of amides is 1. The Morgan fingerprint density at radius 2 is 1.85 bits per heavy atom. The van der Waals surface area contributed by atoms with Gasteiger partial charge in [-0.25, -0.2) is 18.7 Å². The quantitative estimate of drug-likeness (QED) is 0.253. The number of carbonyl (C=O) groups excluding carboxylic acids is 1. The lowest BCUT2D eigenvalue weighted by atomic mass is 9.97. The van der Waals surface area contributed by atoms with Crippen LogP contribution < -0.4 is 19.5 Å². The van der Waals surface area contributed by atoms with Crippen molar-refractivity contribution in [3.8, 4) is 34.6 Å². The Hall–Kier alpha value is -4.57. The lowest BCUT2D eigenvalue weighted by molar-refractivity contribution is 0.102. The van der Waals surface area contributed by atoms with Crippen molar-refractivity contribution in [2.24, 2.45) is 0 Å². The van der Waals surface area contributed by atoms with Crippen LogP contribution in [0.25, 0.3) is 11.1 Å². The number of nitriles is 1. The van der Waals surface area contributed by atoms with Crippen LogP contribution in [0.5, 0.6) is 17.4 Å². The van der Waals surface area contributed by atoms with Gasteiger partial charge < -0.3 is 19.3 Å². The fourth-order valence-corrected chi connectivity index (χ4v) is 4.44. The fourth-order valence-electron chi connectivity index (χ4n) is 3.84. The molecule has 2 N–H and O–H groups in total. The molecule has 2 aromatic heterocycles. The van der Waals surface area contributed by atoms with Crippen molar-refractivity contribution >= 4 is 23.0 Å². The molecule has 0 aliphatic carbocycles. The lowest BCUT2D eigenvalue weighted by Gasteiger charge is -2.17. The smallest absolute Gasteiger partial charge is 0.267 e. The first-order chi connectivity index (χ1) is 19.2. The average molecular weight is 564 g/mol. The van der Waals surface area contributed by atoms with Gasteiger partial charge in [0.2, 0.25) is 5.88 Å². The van der Waals surface area contributed by atoms with E-state index in [1.54, 1.807) is 6.92 Å². The van der Waals surface area contributed by atoms with E-state index in [-0.39, 0.29) is 33.5 Å². The number of alkyl halides is 2. The molecule has 2 heterocycles. The summed E-state index contributed by atoms with van der Waals surface area (Å²) in [6, 6.07) is 15.2. The molecule has 0 aliphatic rings. The second-order valence-electron chi connectivity index (χ2n) is 8.29. The van der Waals surface area contributed by atoms with Gasteiger partial charge in [-0.15, -0.1) is 4.72 Å². The minimum Gasteiger partial charge on any atom is -0.592 e. The number of anilines is 1. The standard InChI is InChI=1S/C28H23F2N5O4S/c1-16-21(18-5-7-19(8-6-18)26(29)30)15-34-28(39-22-9-4-17(14-31)12-23(22)38-3)25(16)27(36)35-20-10-11-33-24(13-20)40(37)32-2/h4-13,15,26,32H,1-3H3,(H,33,35,36). The molecule has 1 unspecified atom stereocenters. The van der Waals surface area contributed by atoms with Gasteiger partial charge in [0.05, 0.1) is 30.1 Å². The number of halogens is 2. The van der Waals surface area contributed by atoms with Crippen molar-refractivity contribution in [2.45, 2.75) is 18.4 Å². The van der Waals surface area contributed by atoms with E-state index in [1.165, 1.54) is 81.1 Å². The molecule has 0 aliphatic heterocycles. The van der Waals surface area contributed by atoms with Crippen LogP contribution in [0.1, 0.15) is 33.5 Å². The molecule has 40 heavy (non-hydrogen) atoms. The highest BCUT2D eigenvalue weighted by Gasteiger charge is 2.23. The number of benzene rings is 2. The number of rotatable bonds is 9. The predicted molar refractivity (Wildman–Crippen MR) is 145 cm³/mol. The van der Waals surface area contributed by atoms with Gasteiger partial charge in [-0.2, -0.15) is 5.26 Å². The van der Waals surface area contributed by atoms with E-state index in [4.69, 9.17) is 9.47 Å². The molecule has 0 saturated carbocycles. The maximum atomic E-state index is 13.7. The second kappa shape index (κ2) is 12.5. The summed E-state index contributed by atoms with van der Waals surface area (Å²) in [5.74, 6) is -0.179. The van der Waals surface area contributed by atoms with Crippen molar-refractivity contribution in [1.29, 1.82) is 5.26 Å². The number of methoxy groups -OCH3 is 1. The molecule has 0 bridgehead atoms. The highest BCUT2D eigenvalue weighted by Crippen LogP contribution is 2.37. The van der Waals surface area contributed by atoms with Crippen molar-refractivity contribution in [3.05, 3.63) is 89.2 Å². The summed E-state index contributed by atoms with van der Waals surface area (Å²) in [7, 11) is 2.93. The van der Waals surface area contributed by atoms with E-state index in [2.05, 4.69) is 20.0 Å². The first-order valence-electron chi connectivity index (χ1n) is 11.8. The molecule has 0 fully saturated rings. The van der Waals surface area contributed by atoms with Crippen LogP contribution in [0.15, 0.2) is 72.0 Å². The summed E-state index contributed by atoms with van der Waals surface area (Å²) < 4.78 is 52.2. The van der Waals surface area contributed by atoms with Crippen LogP contribution in [-0.2, 0) is 11.4 Å². The predicted octanol–water partition coefficient (Wildman–Crippen LogP) is 5.56. The molecule has 9 nitrogen and oxygen atoms in total. The van der Waals surface area contributed by atoms with Crippen LogP contribution in [0.3, 0.4) is 0 Å². The molecular formula is C28H23F2N5O4S. The molecule has 1 amide bonds. The molecule has 0 spiro atoms. The third kappa shape index (κ3) is 6.18. The van der Waals surface area contributed by atoms with E-state index in [9.17, 15) is 23.4 Å². The summed E-state index contributed by atoms with van der Waals surface area (Å²) in [6.07, 6.45) is 0.274. The Balaban J connectivity index is 1.79. The number of hydrogen-bond donors (Lipinski definition) is 2. The summed E-state index contributed by atoms with van der Waals surface area (Å²) in [5, 5.41) is 12.2. The van der Waals surface area contributed by atoms with Gasteiger partial charge in [-0.1, -0.05) is 24.3 Å². The van der Waals surface area contributed by atoms with Crippen molar-refractivity contribution < 1.29 is 27.6 Å². The molecule has 1 atom stereocenters. The number of ether oxygens (including phenoxy) is 2.